The van der Waals surface area contributed by atoms with Gasteiger partial charge in [-0.1, -0.05) is 18.5 Å². The molecule has 1 aromatic rings. The maximum Gasteiger partial charge on any atom is 0.344 e. The van der Waals surface area contributed by atoms with Gasteiger partial charge in [0.15, 0.2) is 6.61 Å². The molecule has 10 heteroatoms. The molecule has 1 aliphatic heterocycles. The Morgan fingerprint density at radius 3 is 2.69 bits per heavy atom. The normalized spacial score (nSPS) is 22.6. The summed E-state index contributed by atoms with van der Waals surface area (Å²) >= 11 is 5.90. The Morgan fingerprint density at radius 2 is 2.00 bits per heavy atom. The van der Waals surface area contributed by atoms with Gasteiger partial charge in [0.25, 0.3) is 11.8 Å². The molecule has 0 aromatic heterocycles. The lowest BCUT2D eigenvalue weighted by atomic mass is 9.77. The van der Waals surface area contributed by atoms with Gasteiger partial charge in [-0.25, -0.2) is 4.79 Å². The van der Waals surface area contributed by atoms with Gasteiger partial charge in [-0.05, 0) is 68.7 Å². The van der Waals surface area contributed by atoms with E-state index in [9.17, 15) is 19.2 Å². The standard InChI is InChI=1S/C22H28ClN3O6/c1-14-7-9-22(10-8-14)20(29)26(21(30)24-22)25-18(27)13-32-19(28)4-3-11-31-17-6-5-16(23)12-15(17)2/h5-6,12,14H,3-4,7-11,13H2,1-2H3,(H,24,30)(H,25,27). The quantitative estimate of drug-likeness (QED) is 0.346. The number of esters is 1. The molecule has 1 spiro atoms. The molecule has 1 aromatic carbocycles. The monoisotopic (exact) mass is 465 g/mol. The molecule has 1 saturated carbocycles. The molecule has 32 heavy (non-hydrogen) atoms. The van der Waals surface area contributed by atoms with Crippen molar-refractivity contribution in [2.75, 3.05) is 13.2 Å². The number of hydrogen-bond donors (Lipinski definition) is 2. The first-order valence-electron chi connectivity index (χ1n) is 10.7. The zero-order valence-electron chi connectivity index (χ0n) is 18.2. The first-order chi connectivity index (χ1) is 15.2. The molecule has 2 fully saturated rings. The highest BCUT2D eigenvalue weighted by Gasteiger charge is 2.52. The zero-order valence-corrected chi connectivity index (χ0v) is 19.0. The second-order valence-electron chi connectivity index (χ2n) is 8.39. The maximum absolute atomic E-state index is 12.7. The van der Waals surface area contributed by atoms with Gasteiger partial charge in [-0.3, -0.25) is 19.8 Å². The summed E-state index contributed by atoms with van der Waals surface area (Å²) in [6.45, 7) is 3.69. The molecule has 1 heterocycles. The average molecular weight is 466 g/mol. The van der Waals surface area contributed by atoms with Crippen LogP contribution in [0, 0.1) is 12.8 Å². The van der Waals surface area contributed by atoms with Crippen molar-refractivity contribution in [3.05, 3.63) is 28.8 Å². The predicted molar refractivity (Wildman–Crippen MR) is 116 cm³/mol. The number of hydrazine groups is 1. The van der Waals surface area contributed by atoms with Crippen molar-refractivity contribution >= 4 is 35.4 Å². The molecule has 0 radical (unpaired) electrons. The number of halogens is 1. The molecule has 4 amide bonds. The van der Waals surface area contributed by atoms with E-state index in [0.29, 0.717) is 47.6 Å². The number of amides is 4. The lowest BCUT2D eigenvalue weighted by Crippen LogP contribution is -2.52. The third-order valence-electron chi connectivity index (χ3n) is 5.81. The Hall–Kier alpha value is -2.81. The molecule has 0 unspecified atom stereocenters. The number of nitrogens with zero attached hydrogens (tertiary/aromatic N) is 1. The van der Waals surface area contributed by atoms with Crippen LogP contribution in [0.25, 0.3) is 0 Å². The minimum atomic E-state index is -0.948. The first kappa shape index (κ1) is 23.8. The Kier molecular flexibility index (Phi) is 7.60. The number of rotatable bonds is 8. The summed E-state index contributed by atoms with van der Waals surface area (Å²) in [5, 5.41) is 4.02. The van der Waals surface area contributed by atoms with Crippen molar-refractivity contribution in [3.63, 3.8) is 0 Å². The number of aryl methyl sites for hydroxylation is 1. The van der Waals surface area contributed by atoms with Crippen LogP contribution in [-0.2, 0) is 19.1 Å². The summed E-state index contributed by atoms with van der Waals surface area (Å²) in [7, 11) is 0. The van der Waals surface area contributed by atoms with Crippen LogP contribution in [0.15, 0.2) is 18.2 Å². The Bertz CT molecular complexity index is 898. The molecule has 0 bridgehead atoms. The van der Waals surface area contributed by atoms with Crippen LogP contribution in [0.2, 0.25) is 5.02 Å². The van der Waals surface area contributed by atoms with E-state index in [-0.39, 0.29) is 6.42 Å². The topological polar surface area (TPSA) is 114 Å². The van der Waals surface area contributed by atoms with Gasteiger partial charge in [0.05, 0.1) is 6.61 Å². The molecule has 2 N–H and O–H groups in total. The third-order valence-corrected chi connectivity index (χ3v) is 6.05. The zero-order chi connectivity index (χ0) is 23.3. The van der Waals surface area contributed by atoms with Crippen molar-refractivity contribution in [1.82, 2.24) is 15.8 Å². The van der Waals surface area contributed by atoms with E-state index in [1.807, 2.05) is 6.92 Å². The van der Waals surface area contributed by atoms with Gasteiger partial charge >= 0.3 is 12.0 Å². The van der Waals surface area contributed by atoms with Crippen LogP contribution >= 0.6 is 11.6 Å². The van der Waals surface area contributed by atoms with Gasteiger partial charge in [-0.2, -0.15) is 5.01 Å². The van der Waals surface area contributed by atoms with Crippen molar-refractivity contribution in [2.45, 2.75) is 57.9 Å². The highest BCUT2D eigenvalue weighted by atomic mass is 35.5. The van der Waals surface area contributed by atoms with Crippen LogP contribution in [0.4, 0.5) is 4.79 Å². The fourth-order valence-corrected chi connectivity index (χ4v) is 4.09. The Labute approximate surface area is 191 Å². The van der Waals surface area contributed by atoms with E-state index in [4.69, 9.17) is 21.1 Å². The molecular weight excluding hydrogens is 438 g/mol. The molecule has 1 aliphatic carbocycles. The molecule has 2 aliphatic rings. The molecule has 174 valence electrons. The minimum absolute atomic E-state index is 0.0599. The second kappa shape index (κ2) is 10.2. The van der Waals surface area contributed by atoms with E-state index in [0.717, 1.165) is 18.4 Å². The number of carbonyl (C=O) groups excluding carboxylic acids is 4. The Balaban J connectivity index is 1.36. The van der Waals surface area contributed by atoms with Gasteiger partial charge in [0.1, 0.15) is 11.3 Å². The summed E-state index contributed by atoms with van der Waals surface area (Å²) < 4.78 is 10.5. The van der Waals surface area contributed by atoms with Crippen LogP contribution < -0.4 is 15.5 Å². The van der Waals surface area contributed by atoms with Crippen molar-refractivity contribution in [3.8, 4) is 5.75 Å². The van der Waals surface area contributed by atoms with Crippen molar-refractivity contribution in [2.24, 2.45) is 5.92 Å². The largest absolute Gasteiger partial charge is 0.493 e. The molecule has 9 nitrogen and oxygen atoms in total. The summed E-state index contributed by atoms with van der Waals surface area (Å²) in [6, 6.07) is 4.59. The third kappa shape index (κ3) is 5.70. The van der Waals surface area contributed by atoms with Gasteiger partial charge in [0, 0.05) is 11.4 Å². The van der Waals surface area contributed by atoms with E-state index >= 15 is 0 Å². The Morgan fingerprint density at radius 1 is 1.28 bits per heavy atom. The minimum Gasteiger partial charge on any atom is -0.493 e. The number of imide groups is 1. The van der Waals surface area contributed by atoms with Gasteiger partial charge < -0.3 is 14.8 Å². The van der Waals surface area contributed by atoms with E-state index < -0.39 is 36.0 Å². The summed E-state index contributed by atoms with van der Waals surface area (Å²) in [5.41, 5.74) is 2.18. The second-order valence-corrected chi connectivity index (χ2v) is 8.83. The lowest BCUT2D eigenvalue weighted by Gasteiger charge is -2.33. The van der Waals surface area contributed by atoms with Crippen LogP contribution in [0.5, 0.6) is 5.75 Å². The van der Waals surface area contributed by atoms with Gasteiger partial charge in [-0.15, -0.1) is 0 Å². The maximum atomic E-state index is 12.7. The van der Waals surface area contributed by atoms with Crippen molar-refractivity contribution in [1.29, 1.82) is 0 Å². The van der Waals surface area contributed by atoms with Crippen LogP contribution in [0.3, 0.4) is 0 Å². The number of benzene rings is 1. The van der Waals surface area contributed by atoms with E-state index in [1.165, 1.54) is 0 Å². The summed E-state index contributed by atoms with van der Waals surface area (Å²) in [4.78, 5) is 48.9. The smallest absolute Gasteiger partial charge is 0.344 e. The fourth-order valence-electron chi connectivity index (χ4n) is 3.86. The summed E-state index contributed by atoms with van der Waals surface area (Å²) in [5.74, 6) is -0.624. The number of carbonyl (C=O) groups is 4. The highest BCUT2D eigenvalue weighted by Crippen LogP contribution is 2.35. The SMILES string of the molecule is Cc1cc(Cl)ccc1OCCCC(=O)OCC(=O)NN1C(=O)NC2(CCC(C)CC2)C1=O. The fraction of sp³-hybridized carbons (Fsp3) is 0.545. The van der Waals surface area contributed by atoms with E-state index in [2.05, 4.69) is 17.7 Å². The average Bonchev–Trinajstić information content (AvgIpc) is 2.97. The molecule has 0 atom stereocenters. The van der Waals surface area contributed by atoms with Gasteiger partial charge in [0.2, 0.25) is 0 Å². The lowest BCUT2D eigenvalue weighted by molar-refractivity contribution is -0.151. The van der Waals surface area contributed by atoms with Crippen LogP contribution in [0.1, 0.15) is 51.0 Å². The highest BCUT2D eigenvalue weighted by molar-refractivity contribution is 6.30. The molecule has 1 saturated heterocycles. The summed E-state index contributed by atoms with van der Waals surface area (Å²) in [6.07, 6.45) is 3.19. The van der Waals surface area contributed by atoms with E-state index in [1.54, 1.807) is 18.2 Å². The van der Waals surface area contributed by atoms with Crippen molar-refractivity contribution < 1.29 is 28.7 Å². The number of nitrogens with one attached hydrogen (secondary N) is 2. The number of urea groups is 1. The predicted octanol–water partition coefficient (Wildman–Crippen LogP) is 2.88. The number of ether oxygens (including phenoxy) is 2. The molecule has 3 rings (SSSR count). The number of hydrogen-bond acceptors (Lipinski definition) is 6. The molecular formula is C22H28ClN3O6. The first-order valence-corrected chi connectivity index (χ1v) is 11.1. The van der Waals surface area contributed by atoms with Crippen LogP contribution in [-0.4, -0.2) is 47.6 Å².